The Hall–Kier alpha value is -2.93. The van der Waals surface area contributed by atoms with Crippen LogP contribution in [0, 0.1) is 11.8 Å². The Bertz CT molecular complexity index is 1170. The molecule has 0 fully saturated rings. The van der Waals surface area contributed by atoms with Crippen molar-refractivity contribution in [2.24, 2.45) is 11.8 Å². The molecule has 0 saturated heterocycles. The van der Waals surface area contributed by atoms with E-state index in [4.69, 9.17) is 56.8 Å². The van der Waals surface area contributed by atoms with E-state index < -0.39 is 0 Å². The van der Waals surface area contributed by atoms with Crippen LogP contribution < -0.4 is 4.74 Å². The molecule has 0 aromatic heterocycles. The topological polar surface area (TPSA) is 162 Å². The van der Waals surface area contributed by atoms with Crippen LogP contribution in [0.1, 0.15) is 12.5 Å². The van der Waals surface area contributed by atoms with Gasteiger partial charge in [-0.15, -0.1) is 0 Å². The molecule has 0 saturated carbocycles. The fourth-order valence-electron chi connectivity index (χ4n) is 4.89. The lowest BCUT2D eigenvalue weighted by Gasteiger charge is -2.14. The number of aldehydes is 1. The molecular formula is C40H62O15. The van der Waals surface area contributed by atoms with Crippen molar-refractivity contribution in [2.75, 3.05) is 152 Å². The van der Waals surface area contributed by atoms with E-state index >= 15 is 0 Å². The standard InChI is InChI=1S/C40H62O15/c1-34(42)37(38-33-39(38)40(43)4-3-9-41)32-35-5-7-36(8-6-35)55-31-30-54-29-28-53-27-26-52-25-24-51-23-22-50-21-20-49-19-18-48-17-16-47-15-14-46-13-12-45-11-10-44-2/h3-9,33,37-38H,10-32H2,1-2H3/b4-3-/t37-,38?/m0/s1. The number of methoxy groups -OCH3 is 1. The largest absolute Gasteiger partial charge is 0.491 e. The fraction of sp³-hybridized carbons (Fsp3) is 0.675. The zero-order valence-corrected chi connectivity index (χ0v) is 32.7. The van der Waals surface area contributed by atoms with Crippen LogP contribution in [-0.4, -0.2) is 170 Å². The van der Waals surface area contributed by atoms with E-state index in [2.05, 4.69) is 0 Å². The Labute approximate surface area is 325 Å². The number of benzene rings is 1. The van der Waals surface area contributed by atoms with Gasteiger partial charge in [-0.3, -0.25) is 14.4 Å². The van der Waals surface area contributed by atoms with Crippen molar-refractivity contribution < 1.29 is 71.2 Å². The Morgan fingerprint density at radius 3 is 1.27 bits per heavy atom. The van der Waals surface area contributed by atoms with Crippen LogP contribution in [0.25, 0.3) is 0 Å². The molecule has 1 aliphatic carbocycles. The third-order valence-electron chi connectivity index (χ3n) is 7.83. The second-order valence-corrected chi connectivity index (χ2v) is 12.0. The number of Topliss-reactive ketones (excluding diaryl/α,β-unsaturated/α-hetero) is 1. The Morgan fingerprint density at radius 1 is 0.564 bits per heavy atom. The van der Waals surface area contributed by atoms with Gasteiger partial charge in [-0.05, 0) is 43.2 Å². The summed E-state index contributed by atoms with van der Waals surface area (Å²) in [5.74, 6) is 0.00561. The van der Waals surface area contributed by atoms with Crippen molar-refractivity contribution in [3.63, 3.8) is 0 Å². The van der Waals surface area contributed by atoms with Gasteiger partial charge < -0.3 is 56.8 Å². The number of allylic oxidation sites excluding steroid dienone is 4. The summed E-state index contributed by atoms with van der Waals surface area (Å²) in [7, 11) is 1.64. The summed E-state index contributed by atoms with van der Waals surface area (Å²) in [5.41, 5.74) is 1.56. The smallest absolute Gasteiger partial charge is 0.182 e. The molecule has 0 heterocycles. The summed E-state index contributed by atoms with van der Waals surface area (Å²) < 4.78 is 65.3. The molecule has 55 heavy (non-hydrogen) atoms. The van der Waals surface area contributed by atoms with Crippen LogP contribution in [0.15, 0.2) is 48.1 Å². The minimum absolute atomic E-state index is 0.0204. The van der Waals surface area contributed by atoms with Gasteiger partial charge in [0, 0.05) is 24.5 Å². The SMILES string of the molecule is COCCOCCOCCOCCOCCOCCOCCOCCOCCOCCOCCOc1ccc(C[C@@H](C(C)=O)C2C=C2C(=O)/C=C\C=O)cc1. The molecule has 0 radical (unpaired) electrons. The molecule has 2 rings (SSSR count). The van der Waals surface area contributed by atoms with Crippen molar-refractivity contribution in [1.82, 2.24) is 0 Å². The van der Waals surface area contributed by atoms with Crippen molar-refractivity contribution in [2.45, 2.75) is 13.3 Å². The van der Waals surface area contributed by atoms with Crippen LogP contribution in [0.2, 0.25) is 0 Å². The lowest BCUT2D eigenvalue weighted by Crippen LogP contribution is -2.19. The maximum atomic E-state index is 12.2. The fourth-order valence-corrected chi connectivity index (χ4v) is 4.89. The van der Waals surface area contributed by atoms with Gasteiger partial charge in [0.15, 0.2) is 5.78 Å². The highest BCUT2D eigenvalue weighted by molar-refractivity contribution is 6.09. The Kier molecular flexibility index (Phi) is 30.1. The first kappa shape index (κ1) is 48.2. The molecule has 0 N–H and O–H groups in total. The van der Waals surface area contributed by atoms with Crippen molar-refractivity contribution in [3.8, 4) is 5.75 Å². The van der Waals surface area contributed by atoms with Gasteiger partial charge in [0.25, 0.3) is 0 Å². The number of ether oxygens (including phenoxy) is 12. The van der Waals surface area contributed by atoms with E-state index in [-0.39, 0.29) is 23.4 Å². The van der Waals surface area contributed by atoms with E-state index in [0.717, 1.165) is 5.56 Å². The zero-order chi connectivity index (χ0) is 39.4. The molecule has 1 aromatic rings. The van der Waals surface area contributed by atoms with Gasteiger partial charge in [-0.25, -0.2) is 0 Å². The molecule has 1 unspecified atom stereocenters. The summed E-state index contributed by atoms with van der Waals surface area (Å²) in [6.07, 6.45) is 5.27. The van der Waals surface area contributed by atoms with Crippen molar-refractivity contribution in [3.05, 3.63) is 53.6 Å². The van der Waals surface area contributed by atoms with Gasteiger partial charge in [-0.1, -0.05) is 18.2 Å². The average molecular weight is 783 g/mol. The van der Waals surface area contributed by atoms with E-state index in [1.54, 1.807) is 13.2 Å². The van der Waals surface area contributed by atoms with Gasteiger partial charge in [0.2, 0.25) is 0 Å². The quantitative estimate of drug-likeness (QED) is 0.0541. The summed E-state index contributed by atoms with van der Waals surface area (Å²) in [5, 5.41) is 0. The number of hydrogen-bond acceptors (Lipinski definition) is 15. The number of hydrogen-bond donors (Lipinski definition) is 0. The average Bonchev–Trinajstić information content (AvgIpc) is 3.99. The van der Waals surface area contributed by atoms with Crippen LogP contribution >= 0.6 is 0 Å². The minimum atomic E-state index is -0.309. The van der Waals surface area contributed by atoms with Gasteiger partial charge in [0.1, 0.15) is 24.4 Å². The van der Waals surface area contributed by atoms with Gasteiger partial charge in [-0.2, -0.15) is 0 Å². The van der Waals surface area contributed by atoms with Crippen LogP contribution in [0.3, 0.4) is 0 Å². The Balaban J connectivity index is 1.26. The summed E-state index contributed by atoms with van der Waals surface area (Å²) in [4.78, 5) is 34.8. The lowest BCUT2D eigenvalue weighted by atomic mass is 9.88. The Morgan fingerprint density at radius 2 is 0.927 bits per heavy atom. The maximum absolute atomic E-state index is 12.2. The predicted molar refractivity (Wildman–Crippen MR) is 202 cm³/mol. The number of carbonyl (C=O) groups excluding carboxylic acids is 3. The molecule has 15 heteroatoms. The molecule has 0 bridgehead atoms. The first-order chi connectivity index (χ1) is 27.1. The molecule has 0 aliphatic heterocycles. The monoisotopic (exact) mass is 782 g/mol. The first-order valence-electron chi connectivity index (χ1n) is 18.9. The predicted octanol–water partition coefficient (Wildman–Crippen LogP) is 2.51. The molecule has 1 aromatic carbocycles. The van der Waals surface area contributed by atoms with Crippen molar-refractivity contribution >= 4 is 17.9 Å². The zero-order valence-electron chi connectivity index (χ0n) is 32.7. The molecule has 312 valence electrons. The highest BCUT2D eigenvalue weighted by Crippen LogP contribution is 2.39. The lowest BCUT2D eigenvalue weighted by molar-refractivity contribution is -0.121. The van der Waals surface area contributed by atoms with E-state index in [9.17, 15) is 14.4 Å². The normalized spacial score (nSPS) is 14.3. The van der Waals surface area contributed by atoms with E-state index in [1.807, 2.05) is 24.3 Å². The molecular weight excluding hydrogens is 720 g/mol. The van der Waals surface area contributed by atoms with Crippen molar-refractivity contribution in [1.29, 1.82) is 0 Å². The molecule has 1 aliphatic rings. The van der Waals surface area contributed by atoms with Gasteiger partial charge in [0.05, 0.1) is 139 Å². The first-order valence-corrected chi connectivity index (χ1v) is 18.9. The third kappa shape index (κ3) is 26.5. The number of ketones is 2. The second-order valence-electron chi connectivity index (χ2n) is 12.0. The summed E-state index contributed by atoms with van der Waals surface area (Å²) in [6.45, 7) is 12.4. The van der Waals surface area contributed by atoms with Gasteiger partial charge >= 0.3 is 0 Å². The minimum Gasteiger partial charge on any atom is -0.491 e. The third-order valence-corrected chi connectivity index (χ3v) is 7.83. The highest BCUT2D eigenvalue weighted by Gasteiger charge is 2.38. The van der Waals surface area contributed by atoms with Crippen LogP contribution in [-0.2, 0) is 72.9 Å². The summed E-state index contributed by atoms with van der Waals surface area (Å²) in [6, 6.07) is 7.55. The van der Waals surface area contributed by atoms with E-state index in [1.165, 1.54) is 19.1 Å². The summed E-state index contributed by atoms with van der Waals surface area (Å²) >= 11 is 0. The maximum Gasteiger partial charge on any atom is 0.182 e. The number of rotatable bonds is 41. The molecule has 0 amide bonds. The van der Waals surface area contributed by atoms with E-state index in [0.29, 0.717) is 169 Å². The van der Waals surface area contributed by atoms with Crippen LogP contribution in [0.5, 0.6) is 5.75 Å². The number of carbonyl (C=O) groups is 3. The molecule has 15 nitrogen and oxygen atoms in total. The highest BCUT2D eigenvalue weighted by atomic mass is 16.6. The second kappa shape index (κ2) is 34.3. The van der Waals surface area contributed by atoms with Crippen LogP contribution in [0.4, 0.5) is 0 Å². The molecule has 0 spiro atoms. The molecule has 2 atom stereocenters.